The van der Waals surface area contributed by atoms with Gasteiger partial charge in [-0.15, -0.1) is 0 Å². The molecule has 1 aromatic carbocycles. The lowest BCUT2D eigenvalue weighted by atomic mass is 9.98. The van der Waals surface area contributed by atoms with E-state index in [0.717, 1.165) is 30.4 Å². The molecule has 0 aliphatic heterocycles. The third-order valence-corrected chi connectivity index (χ3v) is 4.56. The van der Waals surface area contributed by atoms with Gasteiger partial charge in [0.1, 0.15) is 0 Å². The van der Waals surface area contributed by atoms with Gasteiger partial charge in [-0.2, -0.15) is 5.10 Å². The van der Waals surface area contributed by atoms with Crippen molar-refractivity contribution in [2.24, 2.45) is 0 Å². The second-order valence-corrected chi connectivity index (χ2v) is 6.17. The summed E-state index contributed by atoms with van der Waals surface area (Å²) >= 11 is 3.64. The zero-order valence-corrected chi connectivity index (χ0v) is 14.7. The standard InChI is InChI=1S/C17H24BrN3/c1-4-10-19-17(14-7-6-8-15(18)13(14)3)16-9-11-20-21(16)12-5-2/h6-9,11,17,19H,4-5,10,12H2,1-3H3. The van der Waals surface area contributed by atoms with E-state index in [0.29, 0.717) is 0 Å². The number of nitrogens with zero attached hydrogens (tertiary/aromatic N) is 2. The Kier molecular flexibility index (Phi) is 6.00. The van der Waals surface area contributed by atoms with E-state index in [1.54, 1.807) is 0 Å². The van der Waals surface area contributed by atoms with Gasteiger partial charge in [-0.3, -0.25) is 4.68 Å². The quantitative estimate of drug-likeness (QED) is 0.799. The van der Waals surface area contributed by atoms with E-state index >= 15 is 0 Å². The molecule has 1 atom stereocenters. The Labute approximate surface area is 135 Å². The number of aromatic nitrogens is 2. The van der Waals surface area contributed by atoms with Crippen LogP contribution in [0.4, 0.5) is 0 Å². The summed E-state index contributed by atoms with van der Waals surface area (Å²) < 4.78 is 3.28. The zero-order chi connectivity index (χ0) is 15.2. The monoisotopic (exact) mass is 349 g/mol. The lowest BCUT2D eigenvalue weighted by Gasteiger charge is -2.22. The van der Waals surface area contributed by atoms with Crippen molar-refractivity contribution in [1.82, 2.24) is 15.1 Å². The van der Waals surface area contributed by atoms with Gasteiger partial charge in [0.25, 0.3) is 0 Å². The maximum absolute atomic E-state index is 4.48. The zero-order valence-electron chi connectivity index (χ0n) is 13.1. The van der Waals surface area contributed by atoms with Crippen LogP contribution in [0.15, 0.2) is 34.9 Å². The Hall–Kier alpha value is -1.13. The highest BCUT2D eigenvalue weighted by Crippen LogP contribution is 2.29. The highest BCUT2D eigenvalue weighted by Gasteiger charge is 2.20. The van der Waals surface area contributed by atoms with E-state index in [1.807, 2.05) is 6.20 Å². The average Bonchev–Trinajstić information content (AvgIpc) is 2.92. The first kappa shape index (κ1) is 16.2. The molecule has 0 fully saturated rings. The number of hydrogen-bond donors (Lipinski definition) is 1. The van der Waals surface area contributed by atoms with Crippen LogP contribution in [0.2, 0.25) is 0 Å². The minimum atomic E-state index is 0.191. The van der Waals surface area contributed by atoms with Crippen LogP contribution < -0.4 is 5.32 Å². The number of aryl methyl sites for hydroxylation is 1. The summed E-state index contributed by atoms with van der Waals surface area (Å²) in [5, 5.41) is 8.15. The van der Waals surface area contributed by atoms with Crippen molar-refractivity contribution in [3.63, 3.8) is 0 Å². The predicted molar refractivity (Wildman–Crippen MR) is 91.5 cm³/mol. The molecule has 0 aliphatic rings. The van der Waals surface area contributed by atoms with Gasteiger partial charge in [0.15, 0.2) is 0 Å². The van der Waals surface area contributed by atoms with Gasteiger partial charge in [0.2, 0.25) is 0 Å². The molecule has 1 aromatic heterocycles. The van der Waals surface area contributed by atoms with Crippen LogP contribution in [0.3, 0.4) is 0 Å². The van der Waals surface area contributed by atoms with Gasteiger partial charge in [0.05, 0.1) is 11.7 Å². The van der Waals surface area contributed by atoms with Gasteiger partial charge in [-0.25, -0.2) is 0 Å². The lowest BCUT2D eigenvalue weighted by Crippen LogP contribution is -2.26. The molecule has 21 heavy (non-hydrogen) atoms. The highest BCUT2D eigenvalue weighted by molar-refractivity contribution is 9.10. The van der Waals surface area contributed by atoms with Crippen LogP contribution in [0.1, 0.15) is 49.6 Å². The Morgan fingerprint density at radius 2 is 2.05 bits per heavy atom. The average molecular weight is 350 g/mol. The Bertz CT molecular complexity index is 577. The largest absolute Gasteiger partial charge is 0.305 e. The maximum Gasteiger partial charge on any atom is 0.0751 e. The molecular weight excluding hydrogens is 326 g/mol. The number of hydrogen-bond acceptors (Lipinski definition) is 2. The van der Waals surface area contributed by atoms with Crippen molar-refractivity contribution < 1.29 is 0 Å². The van der Waals surface area contributed by atoms with E-state index in [9.17, 15) is 0 Å². The third-order valence-electron chi connectivity index (χ3n) is 3.70. The fourth-order valence-electron chi connectivity index (χ4n) is 2.59. The summed E-state index contributed by atoms with van der Waals surface area (Å²) in [6, 6.07) is 8.73. The second-order valence-electron chi connectivity index (χ2n) is 5.32. The number of benzene rings is 1. The molecule has 1 heterocycles. The van der Waals surface area contributed by atoms with Crippen molar-refractivity contribution in [3.05, 3.63) is 51.8 Å². The Balaban J connectivity index is 2.42. The first-order chi connectivity index (χ1) is 10.2. The number of nitrogens with one attached hydrogen (secondary N) is 1. The predicted octanol–water partition coefficient (Wildman–Crippen LogP) is 4.45. The Morgan fingerprint density at radius 1 is 1.24 bits per heavy atom. The van der Waals surface area contributed by atoms with Gasteiger partial charge in [-0.05, 0) is 49.6 Å². The molecule has 2 rings (SSSR count). The number of rotatable bonds is 7. The molecule has 0 bridgehead atoms. The molecule has 0 radical (unpaired) electrons. The van der Waals surface area contributed by atoms with E-state index in [2.05, 4.69) is 76.1 Å². The first-order valence-corrected chi connectivity index (χ1v) is 8.48. The fourth-order valence-corrected chi connectivity index (χ4v) is 2.97. The molecule has 0 saturated heterocycles. The summed E-state index contributed by atoms with van der Waals surface area (Å²) in [6.07, 6.45) is 4.11. The van der Waals surface area contributed by atoms with E-state index in [-0.39, 0.29) is 6.04 Å². The molecule has 0 saturated carbocycles. The minimum Gasteiger partial charge on any atom is -0.305 e. The Morgan fingerprint density at radius 3 is 2.76 bits per heavy atom. The van der Waals surface area contributed by atoms with Crippen molar-refractivity contribution >= 4 is 15.9 Å². The van der Waals surface area contributed by atoms with Gasteiger partial charge < -0.3 is 5.32 Å². The van der Waals surface area contributed by atoms with E-state index < -0.39 is 0 Å². The maximum atomic E-state index is 4.48. The number of halogens is 1. The normalized spacial score (nSPS) is 12.6. The van der Waals surface area contributed by atoms with Crippen LogP contribution in [-0.2, 0) is 6.54 Å². The molecule has 1 N–H and O–H groups in total. The smallest absolute Gasteiger partial charge is 0.0751 e. The second kappa shape index (κ2) is 7.76. The molecule has 4 heteroatoms. The van der Waals surface area contributed by atoms with E-state index in [4.69, 9.17) is 0 Å². The van der Waals surface area contributed by atoms with Crippen molar-refractivity contribution in [2.45, 2.75) is 46.2 Å². The SMILES string of the molecule is CCCNC(c1cccc(Br)c1C)c1ccnn1CCC. The lowest BCUT2D eigenvalue weighted by molar-refractivity contribution is 0.510. The molecule has 0 spiro atoms. The van der Waals surface area contributed by atoms with Crippen molar-refractivity contribution in [3.8, 4) is 0 Å². The molecule has 2 aromatic rings. The topological polar surface area (TPSA) is 29.9 Å². The molecule has 114 valence electrons. The fraction of sp³-hybridized carbons (Fsp3) is 0.471. The molecule has 0 amide bonds. The summed E-state index contributed by atoms with van der Waals surface area (Å²) in [5.74, 6) is 0. The van der Waals surface area contributed by atoms with Crippen LogP contribution in [0.25, 0.3) is 0 Å². The van der Waals surface area contributed by atoms with Crippen LogP contribution in [-0.4, -0.2) is 16.3 Å². The van der Waals surface area contributed by atoms with Gasteiger partial charge in [0, 0.05) is 17.2 Å². The van der Waals surface area contributed by atoms with Crippen molar-refractivity contribution in [2.75, 3.05) is 6.54 Å². The summed E-state index contributed by atoms with van der Waals surface area (Å²) in [5.41, 5.74) is 3.84. The summed E-state index contributed by atoms with van der Waals surface area (Å²) in [6.45, 7) is 8.50. The minimum absolute atomic E-state index is 0.191. The van der Waals surface area contributed by atoms with Gasteiger partial charge in [-0.1, -0.05) is 41.9 Å². The highest BCUT2D eigenvalue weighted by atomic mass is 79.9. The first-order valence-electron chi connectivity index (χ1n) is 7.69. The van der Waals surface area contributed by atoms with E-state index in [1.165, 1.54) is 16.8 Å². The van der Waals surface area contributed by atoms with Gasteiger partial charge >= 0.3 is 0 Å². The summed E-state index contributed by atoms with van der Waals surface area (Å²) in [7, 11) is 0. The molecule has 0 aliphatic carbocycles. The summed E-state index contributed by atoms with van der Waals surface area (Å²) in [4.78, 5) is 0. The molecule has 1 unspecified atom stereocenters. The van der Waals surface area contributed by atoms with Crippen LogP contribution in [0, 0.1) is 6.92 Å². The molecule has 3 nitrogen and oxygen atoms in total. The third kappa shape index (κ3) is 3.74. The van der Waals surface area contributed by atoms with Crippen molar-refractivity contribution in [1.29, 1.82) is 0 Å². The van der Waals surface area contributed by atoms with Crippen LogP contribution >= 0.6 is 15.9 Å². The molecular formula is C17H24BrN3. The van der Waals surface area contributed by atoms with Crippen LogP contribution in [0.5, 0.6) is 0 Å².